The molecule has 0 aliphatic heterocycles. The van der Waals surface area contributed by atoms with E-state index in [0.717, 1.165) is 12.5 Å². The molecule has 1 atom stereocenters. The molecule has 1 saturated carbocycles. The minimum absolute atomic E-state index is 0.678. The van der Waals surface area contributed by atoms with Gasteiger partial charge in [-0.05, 0) is 68.7 Å². The lowest BCUT2D eigenvalue weighted by Gasteiger charge is -2.31. The molecule has 1 nitrogen and oxygen atoms in total. The van der Waals surface area contributed by atoms with E-state index < -0.39 is 0 Å². The highest BCUT2D eigenvalue weighted by Crippen LogP contribution is 2.28. The second kappa shape index (κ2) is 7.83. The lowest BCUT2D eigenvalue weighted by molar-refractivity contribution is 0.267. The lowest BCUT2D eigenvalue weighted by Crippen LogP contribution is -2.39. The molecule has 1 aliphatic carbocycles. The molecule has 1 aliphatic rings. The minimum Gasteiger partial charge on any atom is -0.313 e. The van der Waals surface area contributed by atoms with Crippen LogP contribution >= 0.6 is 0 Å². The fourth-order valence-corrected chi connectivity index (χ4v) is 3.46. The van der Waals surface area contributed by atoms with Gasteiger partial charge in [-0.25, -0.2) is 0 Å². The Morgan fingerprint density at radius 3 is 2.50 bits per heavy atom. The van der Waals surface area contributed by atoms with Crippen molar-refractivity contribution in [2.45, 2.75) is 71.8 Å². The van der Waals surface area contributed by atoms with Crippen LogP contribution in [0.5, 0.6) is 0 Å². The fraction of sp³-hybridized carbons (Fsp3) is 0.684. The number of nitrogens with one attached hydrogen (secondary N) is 1. The molecule has 1 fully saturated rings. The number of hydrogen-bond donors (Lipinski definition) is 1. The molecule has 0 radical (unpaired) electrons. The Hall–Kier alpha value is -0.820. The van der Waals surface area contributed by atoms with Crippen molar-refractivity contribution in [1.29, 1.82) is 0 Å². The second-order valence-electron chi connectivity index (χ2n) is 6.58. The average Bonchev–Trinajstić information content (AvgIpc) is 2.48. The SMILES string of the molecule is CCCNC(Cc1ccc(C)c(C)c1)C1CCCCC1. The topological polar surface area (TPSA) is 12.0 Å². The summed E-state index contributed by atoms with van der Waals surface area (Å²) in [6, 6.07) is 7.67. The average molecular weight is 273 g/mol. The van der Waals surface area contributed by atoms with Crippen molar-refractivity contribution in [1.82, 2.24) is 5.32 Å². The summed E-state index contributed by atoms with van der Waals surface area (Å²) in [5.74, 6) is 0.886. The van der Waals surface area contributed by atoms with Gasteiger partial charge in [-0.2, -0.15) is 0 Å². The molecule has 112 valence electrons. The van der Waals surface area contributed by atoms with Crippen molar-refractivity contribution in [3.63, 3.8) is 0 Å². The van der Waals surface area contributed by atoms with Gasteiger partial charge in [0.2, 0.25) is 0 Å². The standard InChI is InChI=1S/C19H31N/c1-4-12-20-19(18-8-6-5-7-9-18)14-17-11-10-15(2)16(3)13-17/h10-11,13,18-20H,4-9,12,14H2,1-3H3. The molecule has 0 heterocycles. The summed E-state index contributed by atoms with van der Waals surface area (Å²) >= 11 is 0. The van der Waals surface area contributed by atoms with Crippen LogP contribution in [0.4, 0.5) is 0 Å². The smallest absolute Gasteiger partial charge is 0.0136 e. The molecule has 0 saturated heterocycles. The summed E-state index contributed by atoms with van der Waals surface area (Å²) in [5, 5.41) is 3.82. The molecule has 1 N–H and O–H groups in total. The lowest BCUT2D eigenvalue weighted by atomic mass is 9.81. The van der Waals surface area contributed by atoms with E-state index >= 15 is 0 Å². The third-order valence-corrected chi connectivity index (χ3v) is 4.90. The van der Waals surface area contributed by atoms with Crippen molar-refractivity contribution in [3.8, 4) is 0 Å². The largest absolute Gasteiger partial charge is 0.313 e. The second-order valence-corrected chi connectivity index (χ2v) is 6.58. The van der Waals surface area contributed by atoms with E-state index in [4.69, 9.17) is 0 Å². The van der Waals surface area contributed by atoms with Gasteiger partial charge in [0.05, 0.1) is 0 Å². The molecule has 0 bridgehead atoms. The molecular weight excluding hydrogens is 242 g/mol. The normalized spacial score (nSPS) is 18.1. The van der Waals surface area contributed by atoms with Gasteiger partial charge in [-0.3, -0.25) is 0 Å². The predicted molar refractivity (Wildman–Crippen MR) is 88.3 cm³/mol. The van der Waals surface area contributed by atoms with Crippen LogP contribution < -0.4 is 5.32 Å². The van der Waals surface area contributed by atoms with Gasteiger partial charge in [-0.15, -0.1) is 0 Å². The molecule has 2 rings (SSSR count). The first-order valence-electron chi connectivity index (χ1n) is 8.50. The monoisotopic (exact) mass is 273 g/mol. The predicted octanol–water partition coefficient (Wildman–Crippen LogP) is 4.79. The molecule has 1 aromatic carbocycles. The van der Waals surface area contributed by atoms with Gasteiger partial charge in [0.15, 0.2) is 0 Å². The Morgan fingerprint density at radius 2 is 1.85 bits per heavy atom. The first-order chi connectivity index (χ1) is 9.70. The van der Waals surface area contributed by atoms with E-state index in [1.54, 1.807) is 0 Å². The Morgan fingerprint density at radius 1 is 1.10 bits per heavy atom. The summed E-state index contributed by atoms with van der Waals surface area (Å²) in [4.78, 5) is 0. The third-order valence-electron chi connectivity index (χ3n) is 4.90. The van der Waals surface area contributed by atoms with Gasteiger partial charge in [0.25, 0.3) is 0 Å². The highest BCUT2D eigenvalue weighted by molar-refractivity contribution is 5.30. The maximum absolute atomic E-state index is 3.82. The Kier molecular flexibility index (Phi) is 6.09. The Labute approximate surface area is 125 Å². The van der Waals surface area contributed by atoms with E-state index in [-0.39, 0.29) is 0 Å². The van der Waals surface area contributed by atoms with E-state index in [2.05, 4.69) is 44.3 Å². The van der Waals surface area contributed by atoms with Gasteiger partial charge in [0.1, 0.15) is 0 Å². The minimum atomic E-state index is 0.678. The summed E-state index contributed by atoms with van der Waals surface area (Å²) < 4.78 is 0. The number of benzene rings is 1. The van der Waals surface area contributed by atoms with Gasteiger partial charge in [0, 0.05) is 6.04 Å². The summed E-state index contributed by atoms with van der Waals surface area (Å²) in [6.07, 6.45) is 9.59. The quantitative estimate of drug-likeness (QED) is 0.785. The molecule has 1 aromatic rings. The molecule has 1 unspecified atom stereocenters. The molecule has 20 heavy (non-hydrogen) atoms. The van der Waals surface area contributed by atoms with Crippen molar-refractivity contribution < 1.29 is 0 Å². The van der Waals surface area contributed by atoms with Crippen molar-refractivity contribution in [2.75, 3.05) is 6.54 Å². The highest BCUT2D eigenvalue weighted by Gasteiger charge is 2.23. The fourth-order valence-electron chi connectivity index (χ4n) is 3.46. The van der Waals surface area contributed by atoms with Crippen LogP contribution in [0.25, 0.3) is 0 Å². The van der Waals surface area contributed by atoms with E-state index in [9.17, 15) is 0 Å². The van der Waals surface area contributed by atoms with Crippen molar-refractivity contribution in [3.05, 3.63) is 34.9 Å². The molecular formula is C19H31N. The van der Waals surface area contributed by atoms with E-state index in [1.807, 2.05) is 0 Å². The van der Waals surface area contributed by atoms with Crippen LogP contribution in [0.1, 0.15) is 62.1 Å². The zero-order chi connectivity index (χ0) is 14.4. The van der Waals surface area contributed by atoms with E-state index in [0.29, 0.717) is 6.04 Å². The summed E-state index contributed by atoms with van der Waals surface area (Å²) in [5.41, 5.74) is 4.34. The first-order valence-corrected chi connectivity index (χ1v) is 8.50. The van der Waals surface area contributed by atoms with Crippen LogP contribution in [-0.2, 0) is 6.42 Å². The highest BCUT2D eigenvalue weighted by atomic mass is 14.9. The zero-order valence-corrected chi connectivity index (χ0v) is 13.5. The Balaban J connectivity index is 2.03. The molecule has 0 amide bonds. The van der Waals surface area contributed by atoms with Crippen LogP contribution in [0.3, 0.4) is 0 Å². The third kappa shape index (κ3) is 4.34. The molecule has 1 heteroatoms. The van der Waals surface area contributed by atoms with Crippen LogP contribution in [-0.4, -0.2) is 12.6 Å². The number of aryl methyl sites for hydroxylation is 2. The zero-order valence-electron chi connectivity index (χ0n) is 13.5. The van der Waals surface area contributed by atoms with Crippen LogP contribution in [0.15, 0.2) is 18.2 Å². The molecule has 0 aromatic heterocycles. The van der Waals surface area contributed by atoms with Gasteiger partial charge >= 0.3 is 0 Å². The number of rotatable bonds is 6. The van der Waals surface area contributed by atoms with Crippen LogP contribution in [0.2, 0.25) is 0 Å². The van der Waals surface area contributed by atoms with E-state index in [1.165, 1.54) is 61.6 Å². The van der Waals surface area contributed by atoms with Crippen molar-refractivity contribution >= 4 is 0 Å². The molecule has 0 spiro atoms. The number of hydrogen-bond acceptors (Lipinski definition) is 1. The van der Waals surface area contributed by atoms with Gasteiger partial charge < -0.3 is 5.32 Å². The first kappa shape index (κ1) is 15.6. The maximum atomic E-state index is 3.82. The summed E-state index contributed by atoms with van der Waals surface area (Å²) in [7, 11) is 0. The van der Waals surface area contributed by atoms with Crippen LogP contribution in [0, 0.1) is 19.8 Å². The maximum Gasteiger partial charge on any atom is 0.0136 e. The summed E-state index contributed by atoms with van der Waals surface area (Å²) in [6.45, 7) is 7.86. The van der Waals surface area contributed by atoms with Crippen molar-refractivity contribution in [2.24, 2.45) is 5.92 Å². The van der Waals surface area contributed by atoms with Gasteiger partial charge in [-0.1, -0.05) is 44.4 Å². The Bertz CT molecular complexity index is 404.